The molecule has 0 saturated carbocycles. The Morgan fingerprint density at radius 2 is 1.48 bits per heavy atom. The normalized spacial score (nSPS) is 11.7. The van der Waals surface area contributed by atoms with Crippen LogP contribution < -0.4 is 5.32 Å². The van der Waals surface area contributed by atoms with Crippen molar-refractivity contribution in [2.75, 3.05) is 12.4 Å². The van der Waals surface area contributed by atoms with Crippen molar-refractivity contribution in [2.45, 2.75) is 15.9 Å². The van der Waals surface area contributed by atoms with E-state index in [0.717, 1.165) is 21.0 Å². The van der Waals surface area contributed by atoms with Gasteiger partial charge in [-0.2, -0.15) is 0 Å². The summed E-state index contributed by atoms with van der Waals surface area (Å²) in [4.78, 5) is 14.8. The summed E-state index contributed by atoms with van der Waals surface area (Å²) in [6.45, 7) is 0. The summed E-state index contributed by atoms with van der Waals surface area (Å²) in [6.07, 6.45) is -0.643. The van der Waals surface area contributed by atoms with E-state index in [1.165, 1.54) is 0 Å². The minimum Gasteiger partial charge on any atom is -0.367 e. The van der Waals surface area contributed by atoms with Gasteiger partial charge in [0.25, 0.3) is 5.91 Å². The van der Waals surface area contributed by atoms with Gasteiger partial charge < -0.3 is 10.1 Å². The van der Waals surface area contributed by atoms with Crippen molar-refractivity contribution >= 4 is 23.4 Å². The zero-order chi connectivity index (χ0) is 17.5. The minimum absolute atomic E-state index is 0.185. The monoisotopic (exact) mass is 349 g/mol. The fourth-order valence-electron chi connectivity index (χ4n) is 2.50. The lowest BCUT2D eigenvalue weighted by molar-refractivity contribution is -0.126. The first kappa shape index (κ1) is 17.3. The molecule has 0 aliphatic rings. The zero-order valence-corrected chi connectivity index (χ0v) is 14.7. The Labute approximate surface area is 152 Å². The van der Waals surface area contributed by atoms with Gasteiger partial charge in [-0.15, -0.1) is 0 Å². The van der Waals surface area contributed by atoms with Gasteiger partial charge in [0.15, 0.2) is 6.10 Å². The SMILES string of the molecule is CO[C@@H](C(=O)Nc1ccccc1Sc1ccccc1)c1ccccc1. The van der Waals surface area contributed by atoms with Gasteiger partial charge in [-0.1, -0.05) is 72.4 Å². The van der Waals surface area contributed by atoms with E-state index >= 15 is 0 Å². The molecule has 0 fully saturated rings. The van der Waals surface area contributed by atoms with Crippen LogP contribution in [0.5, 0.6) is 0 Å². The van der Waals surface area contributed by atoms with Crippen LogP contribution in [0.4, 0.5) is 5.69 Å². The van der Waals surface area contributed by atoms with Crippen molar-refractivity contribution in [3.05, 3.63) is 90.5 Å². The molecular weight excluding hydrogens is 330 g/mol. The Morgan fingerprint density at radius 3 is 2.16 bits per heavy atom. The number of methoxy groups -OCH3 is 1. The summed E-state index contributed by atoms with van der Waals surface area (Å²) in [6, 6.07) is 27.3. The van der Waals surface area contributed by atoms with Crippen LogP contribution in [0.3, 0.4) is 0 Å². The topological polar surface area (TPSA) is 38.3 Å². The number of ether oxygens (including phenoxy) is 1. The lowest BCUT2D eigenvalue weighted by Crippen LogP contribution is -2.22. The molecule has 3 rings (SSSR count). The molecular formula is C21H19NO2S. The molecule has 0 aliphatic carbocycles. The number of carbonyl (C=O) groups excluding carboxylic acids is 1. The molecule has 0 aromatic heterocycles. The van der Waals surface area contributed by atoms with Crippen LogP contribution >= 0.6 is 11.8 Å². The number of hydrogen-bond acceptors (Lipinski definition) is 3. The lowest BCUT2D eigenvalue weighted by atomic mass is 10.1. The van der Waals surface area contributed by atoms with E-state index in [1.807, 2.05) is 84.9 Å². The molecule has 0 unspecified atom stereocenters. The Balaban J connectivity index is 1.79. The van der Waals surface area contributed by atoms with Crippen LogP contribution in [0.15, 0.2) is 94.7 Å². The highest BCUT2D eigenvalue weighted by Gasteiger charge is 2.20. The number of para-hydroxylation sites is 1. The van der Waals surface area contributed by atoms with Crippen LogP contribution in [0, 0.1) is 0 Å². The van der Waals surface area contributed by atoms with E-state index in [9.17, 15) is 4.79 Å². The Morgan fingerprint density at radius 1 is 0.880 bits per heavy atom. The van der Waals surface area contributed by atoms with E-state index in [2.05, 4.69) is 5.32 Å². The van der Waals surface area contributed by atoms with Crippen molar-refractivity contribution in [1.29, 1.82) is 0 Å². The molecule has 3 aromatic carbocycles. The van der Waals surface area contributed by atoms with Gasteiger partial charge in [-0.25, -0.2) is 0 Å². The highest BCUT2D eigenvalue weighted by atomic mass is 32.2. The predicted octanol–water partition coefficient (Wildman–Crippen LogP) is 5.16. The molecule has 0 aliphatic heterocycles. The first-order chi connectivity index (χ1) is 12.3. The van der Waals surface area contributed by atoms with Gasteiger partial charge in [0, 0.05) is 16.9 Å². The summed E-state index contributed by atoms with van der Waals surface area (Å²) in [7, 11) is 1.54. The number of carbonyl (C=O) groups is 1. The summed E-state index contributed by atoms with van der Waals surface area (Å²) in [5.74, 6) is -0.185. The molecule has 0 spiro atoms. The molecule has 1 amide bonds. The third-order valence-electron chi connectivity index (χ3n) is 3.69. The summed E-state index contributed by atoms with van der Waals surface area (Å²) >= 11 is 1.62. The van der Waals surface area contributed by atoms with Crippen molar-refractivity contribution in [2.24, 2.45) is 0 Å². The third-order valence-corrected chi connectivity index (χ3v) is 4.78. The highest BCUT2D eigenvalue weighted by Crippen LogP contribution is 2.33. The molecule has 1 atom stereocenters. The molecule has 0 bridgehead atoms. The zero-order valence-electron chi connectivity index (χ0n) is 13.9. The quantitative estimate of drug-likeness (QED) is 0.668. The van der Waals surface area contributed by atoms with E-state index in [1.54, 1.807) is 18.9 Å². The van der Waals surface area contributed by atoms with Gasteiger partial charge in [0.1, 0.15) is 0 Å². The van der Waals surface area contributed by atoms with Crippen LogP contribution in [-0.4, -0.2) is 13.0 Å². The molecule has 25 heavy (non-hydrogen) atoms. The van der Waals surface area contributed by atoms with E-state index in [0.29, 0.717) is 0 Å². The van der Waals surface area contributed by atoms with Gasteiger partial charge in [-0.05, 0) is 29.8 Å². The molecule has 3 nitrogen and oxygen atoms in total. The predicted molar refractivity (Wildman–Crippen MR) is 102 cm³/mol. The fraction of sp³-hybridized carbons (Fsp3) is 0.0952. The molecule has 3 aromatic rings. The molecule has 126 valence electrons. The molecule has 0 heterocycles. The smallest absolute Gasteiger partial charge is 0.258 e. The van der Waals surface area contributed by atoms with Crippen LogP contribution in [0.1, 0.15) is 11.7 Å². The average Bonchev–Trinajstić information content (AvgIpc) is 2.66. The average molecular weight is 349 g/mol. The molecule has 0 radical (unpaired) electrons. The second-order valence-corrected chi connectivity index (χ2v) is 6.54. The Bertz CT molecular complexity index is 822. The van der Waals surface area contributed by atoms with Crippen molar-refractivity contribution in [3.63, 3.8) is 0 Å². The second kappa shape index (κ2) is 8.51. The first-order valence-corrected chi connectivity index (χ1v) is 8.80. The number of benzene rings is 3. The van der Waals surface area contributed by atoms with Crippen molar-refractivity contribution < 1.29 is 9.53 Å². The molecule has 1 N–H and O–H groups in total. The van der Waals surface area contributed by atoms with Crippen LogP contribution in [0.2, 0.25) is 0 Å². The van der Waals surface area contributed by atoms with E-state index in [-0.39, 0.29) is 5.91 Å². The molecule has 4 heteroatoms. The number of nitrogens with one attached hydrogen (secondary N) is 1. The van der Waals surface area contributed by atoms with Gasteiger partial charge in [-0.3, -0.25) is 4.79 Å². The fourth-order valence-corrected chi connectivity index (χ4v) is 3.42. The van der Waals surface area contributed by atoms with Crippen LogP contribution in [0.25, 0.3) is 0 Å². The summed E-state index contributed by atoms with van der Waals surface area (Å²) in [5.41, 5.74) is 1.61. The second-order valence-electron chi connectivity index (χ2n) is 5.43. The van der Waals surface area contributed by atoms with Gasteiger partial charge in [0.05, 0.1) is 5.69 Å². The number of hydrogen-bond donors (Lipinski definition) is 1. The number of rotatable bonds is 6. The van der Waals surface area contributed by atoms with Gasteiger partial charge >= 0.3 is 0 Å². The van der Waals surface area contributed by atoms with Crippen molar-refractivity contribution in [1.82, 2.24) is 0 Å². The lowest BCUT2D eigenvalue weighted by Gasteiger charge is -2.17. The number of anilines is 1. The van der Waals surface area contributed by atoms with E-state index < -0.39 is 6.10 Å². The maximum absolute atomic E-state index is 12.7. The van der Waals surface area contributed by atoms with Crippen molar-refractivity contribution in [3.8, 4) is 0 Å². The molecule has 0 saturated heterocycles. The standard InChI is InChI=1S/C21H19NO2S/c1-24-20(16-10-4-2-5-11-16)21(23)22-18-14-8-9-15-19(18)25-17-12-6-3-7-13-17/h2-15,20H,1H3,(H,22,23)/t20-/m1/s1. The highest BCUT2D eigenvalue weighted by molar-refractivity contribution is 7.99. The number of amides is 1. The van der Waals surface area contributed by atoms with Gasteiger partial charge in [0.2, 0.25) is 0 Å². The largest absolute Gasteiger partial charge is 0.367 e. The maximum atomic E-state index is 12.7. The first-order valence-electron chi connectivity index (χ1n) is 7.98. The third kappa shape index (κ3) is 4.50. The minimum atomic E-state index is -0.643. The maximum Gasteiger partial charge on any atom is 0.258 e. The Hall–Kier alpha value is -2.56. The summed E-state index contributed by atoms with van der Waals surface area (Å²) < 4.78 is 5.41. The summed E-state index contributed by atoms with van der Waals surface area (Å²) in [5, 5.41) is 3.00. The Kier molecular flexibility index (Phi) is 5.88. The van der Waals surface area contributed by atoms with E-state index in [4.69, 9.17) is 4.74 Å². The van der Waals surface area contributed by atoms with Crippen LogP contribution in [-0.2, 0) is 9.53 Å².